The molecule has 0 spiro atoms. The summed E-state index contributed by atoms with van der Waals surface area (Å²) in [4.78, 5) is 4.65. The summed E-state index contributed by atoms with van der Waals surface area (Å²) in [6.45, 7) is 4.19. The Bertz CT molecular complexity index is 814. The zero-order chi connectivity index (χ0) is 19.1. The van der Waals surface area contributed by atoms with E-state index in [1.807, 2.05) is 43.3 Å². The van der Waals surface area contributed by atoms with Gasteiger partial charge in [-0.15, -0.1) is 24.0 Å². The Kier molecular flexibility index (Phi) is 8.49. The third-order valence-electron chi connectivity index (χ3n) is 4.14. The van der Waals surface area contributed by atoms with Gasteiger partial charge in [-0.3, -0.25) is 0 Å². The van der Waals surface area contributed by atoms with E-state index < -0.39 is 0 Å². The fourth-order valence-electron chi connectivity index (χ4n) is 2.73. The standard InChI is InChI=1S/C20H25N3O4.HI/c1-4-21-20(22-11-14-5-8-17-19(9-14)27-13-26-17)23-12-15-6-7-16(24-2)10-18(15)25-3;/h5-10H,4,11-13H2,1-3H3,(H2,21,22,23);1H. The quantitative estimate of drug-likeness (QED) is 0.346. The fraction of sp³-hybridized carbons (Fsp3) is 0.350. The maximum absolute atomic E-state index is 5.45. The fourth-order valence-corrected chi connectivity index (χ4v) is 2.73. The summed E-state index contributed by atoms with van der Waals surface area (Å²) < 4.78 is 21.4. The van der Waals surface area contributed by atoms with E-state index >= 15 is 0 Å². The van der Waals surface area contributed by atoms with Crippen molar-refractivity contribution in [1.82, 2.24) is 10.6 Å². The van der Waals surface area contributed by atoms with Crippen molar-refractivity contribution in [3.8, 4) is 23.0 Å². The summed E-state index contributed by atoms with van der Waals surface area (Å²) in [7, 11) is 3.29. The Morgan fingerprint density at radius 1 is 1.04 bits per heavy atom. The van der Waals surface area contributed by atoms with Crippen LogP contribution in [0.3, 0.4) is 0 Å². The number of benzene rings is 2. The summed E-state index contributed by atoms with van der Waals surface area (Å²) in [6, 6.07) is 11.6. The zero-order valence-corrected chi connectivity index (χ0v) is 18.6. The minimum absolute atomic E-state index is 0. The Hall–Kier alpha value is -2.36. The molecular weight excluding hydrogens is 473 g/mol. The first kappa shape index (κ1) is 21.9. The number of halogens is 1. The Labute approximate surface area is 182 Å². The van der Waals surface area contributed by atoms with Crippen LogP contribution < -0.4 is 29.6 Å². The van der Waals surface area contributed by atoms with Gasteiger partial charge < -0.3 is 29.6 Å². The van der Waals surface area contributed by atoms with Crippen molar-refractivity contribution >= 4 is 29.9 Å². The van der Waals surface area contributed by atoms with Gasteiger partial charge in [0.05, 0.1) is 20.8 Å². The normalized spacial score (nSPS) is 12.2. The highest BCUT2D eigenvalue weighted by molar-refractivity contribution is 14.0. The van der Waals surface area contributed by atoms with E-state index in [0.717, 1.165) is 46.6 Å². The first-order valence-electron chi connectivity index (χ1n) is 8.85. The minimum Gasteiger partial charge on any atom is -0.497 e. The smallest absolute Gasteiger partial charge is 0.231 e. The largest absolute Gasteiger partial charge is 0.497 e. The molecule has 0 aliphatic carbocycles. The molecule has 7 nitrogen and oxygen atoms in total. The van der Waals surface area contributed by atoms with E-state index in [2.05, 4.69) is 15.6 Å². The summed E-state index contributed by atoms with van der Waals surface area (Å²) in [6.07, 6.45) is 0. The molecule has 2 aromatic carbocycles. The summed E-state index contributed by atoms with van der Waals surface area (Å²) in [5.74, 6) is 3.81. The van der Waals surface area contributed by atoms with Crippen LogP contribution in [0.4, 0.5) is 0 Å². The molecular formula is C20H26IN3O4. The second kappa shape index (κ2) is 10.8. The molecule has 152 valence electrons. The van der Waals surface area contributed by atoms with Crippen molar-refractivity contribution in [1.29, 1.82) is 0 Å². The summed E-state index contributed by atoms with van der Waals surface area (Å²) in [5, 5.41) is 6.59. The first-order valence-corrected chi connectivity index (χ1v) is 8.85. The maximum atomic E-state index is 5.45. The second-order valence-corrected chi connectivity index (χ2v) is 5.91. The molecule has 1 aliphatic rings. The van der Waals surface area contributed by atoms with Gasteiger partial charge in [0, 0.05) is 24.7 Å². The molecule has 0 saturated carbocycles. The van der Waals surface area contributed by atoms with Crippen molar-refractivity contribution < 1.29 is 18.9 Å². The lowest BCUT2D eigenvalue weighted by atomic mass is 10.2. The van der Waals surface area contributed by atoms with Crippen LogP contribution in [-0.2, 0) is 13.1 Å². The highest BCUT2D eigenvalue weighted by Crippen LogP contribution is 2.32. The molecule has 0 radical (unpaired) electrons. The molecule has 2 N–H and O–H groups in total. The van der Waals surface area contributed by atoms with Gasteiger partial charge in [0.25, 0.3) is 0 Å². The monoisotopic (exact) mass is 499 g/mol. The topological polar surface area (TPSA) is 73.3 Å². The molecule has 1 aliphatic heterocycles. The zero-order valence-electron chi connectivity index (χ0n) is 16.3. The summed E-state index contributed by atoms with van der Waals surface area (Å²) >= 11 is 0. The second-order valence-electron chi connectivity index (χ2n) is 5.91. The first-order chi connectivity index (χ1) is 13.2. The van der Waals surface area contributed by atoms with Gasteiger partial charge in [0.1, 0.15) is 11.5 Å². The number of rotatable bonds is 7. The van der Waals surface area contributed by atoms with Gasteiger partial charge in [-0.1, -0.05) is 6.07 Å². The van der Waals surface area contributed by atoms with Crippen LogP contribution in [0.5, 0.6) is 23.0 Å². The van der Waals surface area contributed by atoms with Crippen molar-refractivity contribution in [3.05, 3.63) is 47.5 Å². The van der Waals surface area contributed by atoms with Crippen LogP contribution in [0.1, 0.15) is 18.1 Å². The van der Waals surface area contributed by atoms with Crippen LogP contribution in [0.2, 0.25) is 0 Å². The van der Waals surface area contributed by atoms with Crippen LogP contribution >= 0.6 is 24.0 Å². The van der Waals surface area contributed by atoms with Crippen LogP contribution in [0.25, 0.3) is 0 Å². The van der Waals surface area contributed by atoms with E-state index in [-0.39, 0.29) is 30.8 Å². The lowest BCUT2D eigenvalue weighted by Gasteiger charge is -2.14. The number of hydrogen-bond donors (Lipinski definition) is 2. The van der Waals surface area contributed by atoms with Gasteiger partial charge in [0.15, 0.2) is 17.5 Å². The minimum atomic E-state index is 0. The molecule has 0 fully saturated rings. The van der Waals surface area contributed by atoms with Crippen LogP contribution in [0, 0.1) is 0 Å². The molecule has 28 heavy (non-hydrogen) atoms. The number of ether oxygens (including phenoxy) is 4. The van der Waals surface area contributed by atoms with E-state index in [1.54, 1.807) is 14.2 Å². The molecule has 8 heteroatoms. The van der Waals surface area contributed by atoms with Gasteiger partial charge in [-0.2, -0.15) is 0 Å². The third-order valence-corrected chi connectivity index (χ3v) is 4.14. The van der Waals surface area contributed by atoms with E-state index in [4.69, 9.17) is 18.9 Å². The van der Waals surface area contributed by atoms with Crippen LogP contribution in [-0.4, -0.2) is 33.5 Å². The number of aliphatic imine (C=N–C) groups is 1. The molecule has 0 saturated heterocycles. The predicted octanol–water partition coefficient (Wildman–Crippen LogP) is 3.31. The molecule has 2 aromatic rings. The molecule has 0 aromatic heterocycles. The average Bonchev–Trinajstić information content (AvgIpc) is 3.17. The maximum Gasteiger partial charge on any atom is 0.231 e. The van der Waals surface area contributed by atoms with Crippen molar-refractivity contribution in [3.63, 3.8) is 0 Å². The van der Waals surface area contributed by atoms with Gasteiger partial charge in [-0.05, 0) is 36.8 Å². The van der Waals surface area contributed by atoms with Crippen LogP contribution in [0.15, 0.2) is 41.4 Å². The number of nitrogens with one attached hydrogen (secondary N) is 2. The average molecular weight is 499 g/mol. The Morgan fingerprint density at radius 2 is 1.86 bits per heavy atom. The highest BCUT2D eigenvalue weighted by atomic mass is 127. The van der Waals surface area contributed by atoms with Crippen molar-refractivity contribution in [2.24, 2.45) is 4.99 Å². The summed E-state index contributed by atoms with van der Waals surface area (Å²) in [5.41, 5.74) is 2.07. The van der Waals surface area contributed by atoms with Gasteiger partial charge in [0.2, 0.25) is 6.79 Å². The number of guanidine groups is 1. The van der Waals surface area contributed by atoms with Gasteiger partial charge >= 0.3 is 0 Å². The SMILES string of the molecule is CCNC(=NCc1ccc2c(c1)OCO2)NCc1ccc(OC)cc1OC.I. The Balaban J connectivity index is 0.00000280. The lowest BCUT2D eigenvalue weighted by molar-refractivity contribution is 0.174. The third kappa shape index (κ3) is 5.57. The van der Waals surface area contributed by atoms with Gasteiger partial charge in [-0.25, -0.2) is 4.99 Å². The van der Waals surface area contributed by atoms with E-state index in [0.29, 0.717) is 13.1 Å². The molecule has 3 rings (SSSR count). The number of fused-ring (bicyclic) bond motifs is 1. The molecule has 0 bridgehead atoms. The number of methoxy groups -OCH3 is 2. The van der Waals surface area contributed by atoms with E-state index in [9.17, 15) is 0 Å². The van der Waals surface area contributed by atoms with Crippen molar-refractivity contribution in [2.45, 2.75) is 20.0 Å². The molecule has 1 heterocycles. The highest BCUT2D eigenvalue weighted by Gasteiger charge is 2.13. The Morgan fingerprint density at radius 3 is 2.61 bits per heavy atom. The lowest BCUT2D eigenvalue weighted by Crippen LogP contribution is -2.36. The van der Waals surface area contributed by atoms with Crippen molar-refractivity contribution in [2.75, 3.05) is 27.6 Å². The predicted molar refractivity (Wildman–Crippen MR) is 119 cm³/mol. The molecule has 0 atom stereocenters. The number of nitrogens with zero attached hydrogens (tertiary/aromatic N) is 1. The number of hydrogen-bond acceptors (Lipinski definition) is 5. The molecule has 0 amide bonds. The van der Waals surface area contributed by atoms with E-state index in [1.165, 1.54) is 0 Å². The molecule has 0 unspecified atom stereocenters.